The third-order valence-electron chi connectivity index (χ3n) is 4.68. The summed E-state index contributed by atoms with van der Waals surface area (Å²) in [6, 6.07) is 13.6. The van der Waals surface area contributed by atoms with Crippen LogP contribution in [0.5, 0.6) is 11.5 Å². The topological polar surface area (TPSA) is 87.6 Å². The highest BCUT2D eigenvalue weighted by atomic mass is 35.5. The number of rotatable bonds is 7. The Hall–Kier alpha value is -3.20. The highest BCUT2D eigenvalue weighted by Gasteiger charge is 2.34. The molecule has 0 atom stereocenters. The van der Waals surface area contributed by atoms with Crippen molar-refractivity contribution in [2.75, 3.05) is 6.61 Å². The van der Waals surface area contributed by atoms with E-state index in [-0.39, 0.29) is 18.2 Å². The lowest BCUT2D eigenvalue weighted by atomic mass is 10.2. The Bertz CT molecular complexity index is 1290. The van der Waals surface area contributed by atoms with Crippen LogP contribution in [0.2, 0.25) is 10.0 Å². The summed E-state index contributed by atoms with van der Waals surface area (Å²) in [4.78, 5) is 15.1. The van der Waals surface area contributed by atoms with Crippen molar-refractivity contribution in [3.05, 3.63) is 86.6 Å². The number of phenols is 1. The number of carbonyl (C=O) groups is 1. The van der Waals surface area contributed by atoms with Gasteiger partial charge in [-0.05, 0) is 72.3 Å². The molecule has 2 aromatic carbocycles. The molecule has 174 valence electrons. The number of hydrogen-bond donors (Lipinski definition) is 1. The molecule has 4 rings (SSSR count). The van der Waals surface area contributed by atoms with Crippen LogP contribution >= 0.6 is 35.0 Å². The zero-order chi connectivity index (χ0) is 24.1. The zero-order valence-electron chi connectivity index (χ0n) is 17.9. The minimum Gasteiger partial charge on any atom is -0.504 e. The maximum atomic E-state index is 13.2. The van der Waals surface area contributed by atoms with E-state index in [2.05, 4.69) is 10.2 Å². The lowest BCUT2D eigenvalue weighted by Crippen LogP contribution is -2.28. The van der Waals surface area contributed by atoms with Crippen molar-refractivity contribution in [2.24, 2.45) is 10.2 Å². The molecule has 0 bridgehead atoms. The van der Waals surface area contributed by atoms with Crippen LogP contribution in [0.25, 0.3) is 6.08 Å². The number of halogens is 2. The van der Waals surface area contributed by atoms with Gasteiger partial charge in [0.05, 0.1) is 40.6 Å². The number of thioether (sulfide) groups is 1. The van der Waals surface area contributed by atoms with Crippen LogP contribution in [-0.2, 0) is 11.3 Å². The third kappa shape index (κ3) is 5.47. The largest absolute Gasteiger partial charge is 0.504 e. The maximum Gasteiger partial charge on any atom is 0.267 e. The minimum atomic E-state index is -0.255. The molecule has 7 nitrogen and oxygen atoms in total. The fourth-order valence-corrected chi connectivity index (χ4v) is 4.37. The molecular formula is C24H19Cl2N3O4S. The number of amides is 1. The van der Waals surface area contributed by atoms with E-state index in [1.54, 1.807) is 54.8 Å². The molecule has 1 aromatic heterocycles. The molecule has 0 aliphatic carbocycles. The van der Waals surface area contributed by atoms with Crippen LogP contribution in [0.4, 0.5) is 0 Å². The molecule has 1 N–H and O–H groups in total. The quantitative estimate of drug-likeness (QED) is 0.230. The number of hydrogen-bond acceptors (Lipinski definition) is 7. The van der Waals surface area contributed by atoms with Gasteiger partial charge in [-0.25, -0.2) is 0 Å². The Morgan fingerprint density at radius 2 is 2.06 bits per heavy atom. The first-order valence-electron chi connectivity index (χ1n) is 10.2. The van der Waals surface area contributed by atoms with E-state index in [9.17, 15) is 9.90 Å². The van der Waals surface area contributed by atoms with Gasteiger partial charge in [0.1, 0.15) is 5.76 Å². The summed E-state index contributed by atoms with van der Waals surface area (Å²) < 4.78 is 10.8. The van der Waals surface area contributed by atoms with Crippen molar-refractivity contribution in [1.82, 2.24) is 4.90 Å². The number of ether oxygens (including phenoxy) is 1. The molecule has 0 radical (unpaired) electrons. The van der Waals surface area contributed by atoms with E-state index < -0.39 is 0 Å². The predicted octanol–water partition coefficient (Wildman–Crippen LogP) is 6.20. The van der Waals surface area contributed by atoms with Gasteiger partial charge in [0.2, 0.25) is 0 Å². The molecule has 0 unspecified atom stereocenters. The molecule has 34 heavy (non-hydrogen) atoms. The van der Waals surface area contributed by atoms with Gasteiger partial charge in [-0.2, -0.15) is 5.10 Å². The van der Waals surface area contributed by atoms with Gasteiger partial charge in [0.25, 0.3) is 5.91 Å². The molecule has 1 amide bonds. The number of nitrogens with zero attached hydrogens (tertiary/aromatic N) is 3. The highest BCUT2D eigenvalue weighted by Crippen LogP contribution is 2.36. The van der Waals surface area contributed by atoms with Crippen LogP contribution in [0.1, 0.15) is 23.8 Å². The van der Waals surface area contributed by atoms with E-state index in [1.807, 2.05) is 6.92 Å². The Labute approximate surface area is 210 Å². The summed E-state index contributed by atoms with van der Waals surface area (Å²) in [7, 11) is 0. The van der Waals surface area contributed by atoms with Gasteiger partial charge in [-0.15, -0.1) is 5.10 Å². The van der Waals surface area contributed by atoms with Gasteiger partial charge in [0.15, 0.2) is 16.7 Å². The van der Waals surface area contributed by atoms with Gasteiger partial charge in [-0.3, -0.25) is 9.69 Å². The van der Waals surface area contributed by atoms with Crippen LogP contribution < -0.4 is 4.74 Å². The summed E-state index contributed by atoms with van der Waals surface area (Å²) in [5.41, 5.74) is 1.30. The maximum absolute atomic E-state index is 13.2. The number of benzene rings is 2. The van der Waals surface area contributed by atoms with Gasteiger partial charge in [-0.1, -0.05) is 35.3 Å². The predicted molar refractivity (Wildman–Crippen MR) is 136 cm³/mol. The lowest BCUT2D eigenvalue weighted by Gasteiger charge is -2.12. The second-order valence-corrected chi connectivity index (χ2v) is 8.81. The standard InChI is InChI=1S/C24H19Cl2N3O4S/c1-2-32-20-11-15(8-9-19(20)30)13-27-28-24-29(14-17-6-4-10-33-17)23(31)21(34-24)12-16-5-3-7-18(25)22(16)26/h3-13,30H,2,14H2,1H3/b21-12-,27-13+,28-24-. The molecule has 2 heterocycles. The summed E-state index contributed by atoms with van der Waals surface area (Å²) in [5.74, 6) is 0.746. The van der Waals surface area contributed by atoms with Crippen molar-refractivity contribution in [2.45, 2.75) is 13.5 Å². The highest BCUT2D eigenvalue weighted by molar-refractivity contribution is 8.18. The number of amidine groups is 1. The molecular weight excluding hydrogens is 497 g/mol. The first-order valence-corrected chi connectivity index (χ1v) is 11.8. The summed E-state index contributed by atoms with van der Waals surface area (Å²) in [5, 5.41) is 19.4. The smallest absolute Gasteiger partial charge is 0.267 e. The van der Waals surface area contributed by atoms with E-state index in [1.165, 1.54) is 28.9 Å². The molecule has 0 saturated carbocycles. The van der Waals surface area contributed by atoms with Crippen molar-refractivity contribution < 1.29 is 19.1 Å². The summed E-state index contributed by atoms with van der Waals surface area (Å²) >= 11 is 13.6. The molecule has 1 aliphatic rings. The van der Waals surface area contributed by atoms with Crippen molar-refractivity contribution >= 4 is 58.3 Å². The van der Waals surface area contributed by atoms with E-state index >= 15 is 0 Å². The lowest BCUT2D eigenvalue weighted by molar-refractivity contribution is -0.122. The average Bonchev–Trinajstić information content (AvgIpc) is 3.43. The number of aromatic hydroxyl groups is 1. The molecule has 1 aliphatic heterocycles. The van der Waals surface area contributed by atoms with Crippen LogP contribution in [-0.4, -0.2) is 33.9 Å². The Kier molecular flexibility index (Phi) is 7.62. The minimum absolute atomic E-state index is 0.0429. The SMILES string of the molecule is CCOc1cc(/C=N/N=C2\S/C(=C\c3cccc(Cl)c3Cl)C(=O)N2Cc2ccco2)ccc1O. The molecule has 1 fully saturated rings. The Morgan fingerprint density at radius 3 is 2.82 bits per heavy atom. The van der Waals surface area contributed by atoms with E-state index in [4.69, 9.17) is 32.4 Å². The van der Waals surface area contributed by atoms with Crippen molar-refractivity contribution in [3.8, 4) is 11.5 Å². The average molecular weight is 516 g/mol. The molecule has 10 heteroatoms. The van der Waals surface area contributed by atoms with Crippen LogP contribution in [0.15, 0.2) is 74.3 Å². The first-order chi connectivity index (χ1) is 16.5. The second kappa shape index (κ2) is 10.8. The van der Waals surface area contributed by atoms with Gasteiger partial charge in [0, 0.05) is 0 Å². The van der Waals surface area contributed by atoms with E-state index in [0.717, 1.165) is 0 Å². The number of furan rings is 1. The second-order valence-electron chi connectivity index (χ2n) is 7.01. The fourth-order valence-electron chi connectivity index (χ4n) is 3.08. The fraction of sp³-hybridized carbons (Fsp3) is 0.125. The first kappa shape index (κ1) is 23.9. The van der Waals surface area contributed by atoms with Crippen LogP contribution in [0, 0.1) is 0 Å². The van der Waals surface area contributed by atoms with Gasteiger partial charge < -0.3 is 14.3 Å². The summed E-state index contributed by atoms with van der Waals surface area (Å²) in [6.45, 7) is 2.44. The molecule has 1 saturated heterocycles. The van der Waals surface area contributed by atoms with E-state index in [0.29, 0.717) is 49.4 Å². The third-order valence-corrected chi connectivity index (χ3v) is 6.51. The molecule has 3 aromatic rings. The normalized spacial score (nSPS) is 16.3. The number of phenolic OH excluding ortho intramolecular Hbond substituents is 1. The number of carbonyl (C=O) groups excluding carboxylic acids is 1. The summed E-state index contributed by atoms with van der Waals surface area (Å²) in [6.07, 6.45) is 4.73. The van der Waals surface area contributed by atoms with Crippen LogP contribution in [0.3, 0.4) is 0 Å². The molecule has 0 spiro atoms. The van der Waals surface area contributed by atoms with Crippen molar-refractivity contribution in [3.63, 3.8) is 0 Å². The zero-order valence-corrected chi connectivity index (χ0v) is 20.3. The Morgan fingerprint density at radius 1 is 1.21 bits per heavy atom. The Balaban J connectivity index is 1.63. The van der Waals surface area contributed by atoms with Crippen molar-refractivity contribution in [1.29, 1.82) is 0 Å². The monoisotopic (exact) mass is 515 g/mol. The van der Waals surface area contributed by atoms with Gasteiger partial charge >= 0.3 is 0 Å².